The molecule has 3 N–H and O–H groups in total. The van der Waals surface area contributed by atoms with Gasteiger partial charge in [-0.1, -0.05) is 0 Å². The zero-order valence-electron chi connectivity index (χ0n) is 16.1. The van der Waals surface area contributed by atoms with Crippen molar-refractivity contribution in [3.05, 3.63) is 77.5 Å². The predicted octanol–water partition coefficient (Wildman–Crippen LogP) is 3.88. The smallest absolute Gasteiger partial charge is 0.255 e. The minimum atomic E-state index is -0.269. The zero-order chi connectivity index (χ0) is 20.4. The topological polar surface area (TPSA) is 84.1 Å². The lowest BCUT2D eigenvalue weighted by Gasteiger charge is -2.17. The molecule has 1 saturated heterocycles. The SMILES string of the molecule is Cc1cc(Nc2ccc(F)cc2)cc(C2CCN(C(=O)c3ccc(N)nc3)C2)n1. The van der Waals surface area contributed by atoms with E-state index >= 15 is 0 Å². The van der Waals surface area contributed by atoms with Gasteiger partial charge in [0.15, 0.2) is 0 Å². The third-order valence-electron chi connectivity index (χ3n) is 5.03. The molecule has 1 amide bonds. The summed E-state index contributed by atoms with van der Waals surface area (Å²) in [6.45, 7) is 3.22. The fraction of sp³-hybridized carbons (Fsp3) is 0.227. The van der Waals surface area contributed by atoms with E-state index in [1.165, 1.54) is 18.3 Å². The zero-order valence-corrected chi connectivity index (χ0v) is 16.1. The third kappa shape index (κ3) is 4.34. The molecule has 0 saturated carbocycles. The number of nitrogens with two attached hydrogens (primary N) is 1. The minimum Gasteiger partial charge on any atom is -0.384 e. The molecule has 4 rings (SSSR count). The number of nitrogens with one attached hydrogen (secondary N) is 1. The Bertz CT molecular complexity index is 1020. The van der Waals surface area contributed by atoms with Gasteiger partial charge in [0.25, 0.3) is 5.91 Å². The number of hydrogen-bond donors (Lipinski definition) is 2. The van der Waals surface area contributed by atoms with Gasteiger partial charge in [-0.3, -0.25) is 9.78 Å². The summed E-state index contributed by atoms with van der Waals surface area (Å²) < 4.78 is 13.1. The molecule has 0 spiro atoms. The minimum absolute atomic E-state index is 0.0442. The average molecular weight is 391 g/mol. The van der Waals surface area contributed by atoms with Crippen LogP contribution in [0.15, 0.2) is 54.7 Å². The van der Waals surface area contributed by atoms with E-state index in [0.717, 1.165) is 29.2 Å². The largest absolute Gasteiger partial charge is 0.384 e. The monoisotopic (exact) mass is 391 g/mol. The normalized spacial score (nSPS) is 16.1. The second kappa shape index (κ2) is 7.87. The quantitative estimate of drug-likeness (QED) is 0.705. The van der Waals surface area contributed by atoms with E-state index in [1.807, 2.05) is 24.0 Å². The van der Waals surface area contributed by atoms with E-state index in [1.54, 1.807) is 24.3 Å². The number of aromatic nitrogens is 2. The van der Waals surface area contributed by atoms with Crippen LogP contribution in [0.1, 0.15) is 34.1 Å². The Labute approximate surface area is 168 Å². The molecular weight excluding hydrogens is 369 g/mol. The standard InChI is InChI=1S/C22H22FN5O/c1-14-10-19(27-18-5-3-17(23)4-6-18)11-20(26-14)16-8-9-28(13-16)22(29)15-2-7-21(24)25-12-15/h2-7,10-12,16H,8-9,13H2,1H3,(H2,24,25)(H,26,27). The maximum absolute atomic E-state index is 13.1. The summed E-state index contributed by atoms with van der Waals surface area (Å²) in [4.78, 5) is 23.2. The van der Waals surface area contributed by atoms with Crippen molar-refractivity contribution in [2.24, 2.45) is 0 Å². The molecule has 6 nitrogen and oxygen atoms in total. The highest BCUT2D eigenvalue weighted by Gasteiger charge is 2.29. The summed E-state index contributed by atoms with van der Waals surface area (Å²) in [6.07, 6.45) is 2.36. The van der Waals surface area contributed by atoms with Crippen molar-refractivity contribution >= 4 is 23.1 Å². The summed E-state index contributed by atoms with van der Waals surface area (Å²) in [5.41, 5.74) is 9.67. The number of anilines is 3. The molecule has 3 heterocycles. The number of rotatable bonds is 4. The van der Waals surface area contributed by atoms with E-state index in [2.05, 4.69) is 15.3 Å². The second-order valence-corrected chi connectivity index (χ2v) is 7.26. The van der Waals surface area contributed by atoms with Gasteiger partial charge in [-0.05, 0) is 61.9 Å². The number of nitrogen functional groups attached to an aromatic ring is 1. The van der Waals surface area contributed by atoms with Crippen LogP contribution < -0.4 is 11.1 Å². The highest BCUT2D eigenvalue weighted by Crippen LogP contribution is 2.30. The van der Waals surface area contributed by atoms with E-state index in [0.29, 0.717) is 24.5 Å². The van der Waals surface area contributed by atoms with Crippen LogP contribution in [0.2, 0.25) is 0 Å². The second-order valence-electron chi connectivity index (χ2n) is 7.26. The summed E-state index contributed by atoms with van der Waals surface area (Å²) in [5.74, 6) is 0.242. The molecule has 148 valence electrons. The number of benzene rings is 1. The Kier molecular flexibility index (Phi) is 5.12. The maximum Gasteiger partial charge on any atom is 0.255 e. The molecule has 7 heteroatoms. The highest BCUT2D eigenvalue weighted by molar-refractivity contribution is 5.94. The van der Waals surface area contributed by atoms with Gasteiger partial charge in [0.1, 0.15) is 11.6 Å². The van der Waals surface area contributed by atoms with E-state index in [4.69, 9.17) is 5.73 Å². The number of likely N-dealkylation sites (tertiary alicyclic amines) is 1. The number of aryl methyl sites for hydroxylation is 1. The number of pyridine rings is 2. The van der Waals surface area contributed by atoms with Gasteiger partial charge in [-0.2, -0.15) is 0 Å². The lowest BCUT2D eigenvalue weighted by Crippen LogP contribution is -2.28. The number of carbonyl (C=O) groups excluding carboxylic acids is 1. The van der Waals surface area contributed by atoms with Crippen LogP contribution in [-0.4, -0.2) is 33.9 Å². The molecule has 0 bridgehead atoms. The molecule has 1 aromatic carbocycles. The lowest BCUT2D eigenvalue weighted by molar-refractivity contribution is 0.0790. The van der Waals surface area contributed by atoms with Crippen molar-refractivity contribution in [3.8, 4) is 0 Å². The van der Waals surface area contributed by atoms with Crippen LogP contribution in [0.5, 0.6) is 0 Å². The Morgan fingerprint density at radius 2 is 1.97 bits per heavy atom. The first-order valence-electron chi connectivity index (χ1n) is 9.50. The first-order valence-corrected chi connectivity index (χ1v) is 9.50. The molecule has 2 aromatic heterocycles. The van der Waals surface area contributed by atoms with Crippen molar-refractivity contribution < 1.29 is 9.18 Å². The van der Waals surface area contributed by atoms with Gasteiger partial charge >= 0.3 is 0 Å². The van der Waals surface area contributed by atoms with Gasteiger partial charge in [0.2, 0.25) is 0 Å². The first-order chi connectivity index (χ1) is 14.0. The lowest BCUT2D eigenvalue weighted by atomic mass is 10.0. The van der Waals surface area contributed by atoms with Crippen LogP contribution in [0, 0.1) is 12.7 Å². The Morgan fingerprint density at radius 3 is 2.69 bits per heavy atom. The maximum atomic E-state index is 13.1. The van der Waals surface area contributed by atoms with Crippen LogP contribution in [0.25, 0.3) is 0 Å². The molecule has 1 aliphatic heterocycles. The van der Waals surface area contributed by atoms with Crippen LogP contribution in [0.4, 0.5) is 21.6 Å². The van der Waals surface area contributed by atoms with Crippen molar-refractivity contribution in [2.45, 2.75) is 19.3 Å². The van der Waals surface area contributed by atoms with Gasteiger partial charge < -0.3 is 16.0 Å². The fourth-order valence-electron chi connectivity index (χ4n) is 3.58. The van der Waals surface area contributed by atoms with E-state index in [9.17, 15) is 9.18 Å². The number of amides is 1. The van der Waals surface area contributed by atoms with Gasteiger partial charge in [0.05, 0.1) is 5.56 Å². The summed E-state index contributed by atoms with van der Waals surface area (Å²) in [7, 11) is 0. The van der Waals surface area contributed by atoms with E-state index in [-0.39, 0.29) is 17.6 Å². The molecular formula is C22H22FN5O. The summed E-state index contributed by atoms with van der Waals surface area (Å²) in [5, 5.41) is 3.29. The van der Waals surface area contributed by atoms with Crippen molar-refractivity contribution in [2.75, 3.05) is 24.1 Å². The van der Waals surface area contributed by atoms with Crippen molar-refractivity contribution in [3.63, 3.8) is 0 Å². The average Bonchev–Trinajstić information content (AvgIpc) is 3.20. The third-order valence-corrected chi connectivity index (χ3v) is 5.03. The van der Waals surface area contributed by atoms with Gasteiger partial charge in [-0.15, -0.1) is 0 Å². The number of nitrogens with zero attached hydrogens (tertiary/aromatic N) is 3. The Balaban J connectivity index is 1.48. The molecule has 3 aromatic rings. The molecule has 0 radical (unpaired) electrons. The predicted molar refractivity (Wildman–Crippen MR) is 111 cm³/mol. The summed E-state index contributed by atoms with van der Waals surface area (Å²) in [6, 6.07) is 13.5. The highest BCUT2D eigenvalue weighted by atomic mass is 19.1. The molecule has 29 heavy (non-hydrogen) atoms. The van der Waals surface area contributed by atoms with Gasteiger partial charge in [-0.25, -0.2) is 9.37 Å². The molecule has 1 atom stereocenters. The Hall–Kier alpha value is -3.48. The number of hydrogen-bond acceptors (Lipinski definition) is 5. The van der Waals surface area contributed by atoms with Crippen LogP contribution in [0.3, 0.4) is 0 Å². The molecule has 1 fully saturated rings. The van der Waals surface area contributed by atoms with Crippen molar-refractivity contribution in [1.82, 2.24) is 14.9 Å². The molecule has 1 unspecified atom stereocenters. The van der Waals surface area contributed by atoms with Crippen LogP contribution >= 0.6 is 0 Å². The summed E-state index contributed by atoms with van der Waals surface area (Å²) >= 11 is 0. The fourth-order valence-corrected chi connectivity index (χ4v) is 3.58. The molecule has 0 aliphatic carbocycles. The Morgan fingerprint density at radius 1 is 1.17 bits per heavy atom. The van der Waals surface area contributed by atoms with E-state index < -0.39 is 0 Å². The van der Waals surface area contributed by atoms with Crippen molar-refractivity contribution in [1.29, 1.82) is 0 Å². The first kappa shape index (κ1) is 18.9. The van der Waals surface area contributed by atoms with Gasteiger partial charge in [0, 0.05) is 48.0 Å². The molecule has 1 aliphatic rings. The number of halogens is 1. The number of carbonyl (C=O) groups is 1. The van der Waals surface area contributed by atoms with Crippen LogP contribution in [-0.2, 0) is 0 Å².